The lowest BCUT2D eigenvalue weighted by Gasteiger charge is -2.05. The van der Waals surface area contributed by atoms with Gasteiger partial charge < -0.3 is 18.8 Å². The summed E-state index contributed by atoms with van der Waals surface area (Å²) in [5.74, 6) is 1.94. The minimum absolute atomic E-state index is 0.206. The van der Waals surface area contributed by atoms with E-state index in [9.17, 15) is 4.79 Å². The summed E-state index contributed by atoms with van der Waals surface area (Å²) < 4.78 is 19.1. The molecule has 1 aromatic heterocycles. The van der Waals surface area contributed by atoms with Crippen molar-refractivity contribution in [2.45, 2.75) is 13.3 Å². The summed E-state index contributed by atoms with van der Waals surface area (Å²) in [6.07, 6.45) is 0.209. The lowest BCUT2D eigenvalue weighted by molar-refractivity contribution is -0.117. The van der Waals surface area contributed by atoms with Crippen molar-refractivity contribution in [3.63, 3.8) is 0 Å². The second-order valence-electron chi connectivity index (χ2n) is 6.08. The van der Waals surface area contributed by atoms with E-state index in [-0.39, 0.29) is 19.1 Å². The van der Waals surface area contributed by atoms with E-state index in [1.165, 1.54) is 11.3 Å². The number of carbonyl (C=O) groups is 1. The standard InChI is InChI=1S/C19H18N2O4S/c1-11-4-6-14(23-3)17-18(11)26-19(21(17)2)20-16(22)9-12-5-7-13-15(8-12)25-10-24-13/h4-8H,9-10H2,1-3H3. The molecule has 0 spiro atoms. The number of fused-ring (bicyclic) bond motifs is 2. The third-order valence-electron chi connectivity index (χ3n) is 4.34. The Bertz CT molecular complexity index is 1080. The number of thiazole rings is 1. The van der Waals surface area contributed by atoms with Crippen LogP contribution in [0.2, 0.25) is 0 Å². The summed E-state index contributed by atoms with van der Waals surface area (Å²) in [5.41, 5.74) is 2.93. The molecule has 134 valence electrons. The van der Waals surface area contributed by atoms with E-state index in [0.717, 1.165) is 27.1 Å². The number of amides is 1. The molecule has 26 heavy (non-hydrogen) atoms. The van der Waals surface area contributed by atoms with Gasteiger partial charge in [0.2, 0.25) is 6.79 Å². The monoisotopic (exact) mass is 370 g/mol. The highest BCUT2D eigenvalue weighted by Crippen LogP contribution is 2.33. The molecule has 0 atom stereocenters. The Morgan fingerprint density at radius 2 is 2.08 bits per heavy atom. The van der Waals surface area contributed by atoms with Crippen LogP contribution >= 0.6 is 11.3 Å². The van der Waals surface area contributed by atoms with Gasteiger partial charge in [0, 0.05) is 7.05 Å². The molecule has 6 nitrogen and oxygen atoms in total. The first kappa shape index (κ1) is 16.7. The van der Waals surface area contributed by atoms with Crippen LogP contribution in [0.5, 0.6) is 17.2 Å². The molecule has 0 fully saturated rings. The average molecular weight is 370 g/mol. The van der Waals surface area contributed by atoms with E-state index in [0.29, 0.717) is 16.3 Å². The number of aromatic nitrogens is 1. The highest BCUT2D eigenvalue weighted by atomic mass is 32.1. The molecule has 3 aromatic rings. The van der Waals surface area contributed by atoms with Crippen molar-refractivity contribution in [2.75, 3.05) is 13.9 Å². The van der Waals surface area contributed by atoms with Crippen molar-refractivity contribution < 1.29 is 19.0 Å². The average Bonchev–Trinajstić information content (AvgIpc) is 3.21. The van der Waals surface area contributed by atoms with Crippen LogP contribution in [0.1, 0.15) is 11.1 Å². The van der Waals surface area contributed by atoms with Crippen molar-refractivity contribution in [1.82, 2.24) is 4.57 Å². The molecule has 0 saturated heterocycles. The molecule has 1 amide bonds. The summed E-state index contributed by atoms with van der Waals surface area (Å²) in [7, 11) is 3.54. The van der Waals surface area contributed by atoms with Gasteiger partial charge in [0.25, 0.3) is 5.91 Å². The lowest BCUT2D eigenvalue weighted by atomic mass is 10.1. The van der Waals surface area contributed by atoms with E-state index in [1.54, 1.807) is 7.11 Å². The Morgan fingerprint density at radius 1 is 1.27 bits per heavy atom. The Hall–Kier alpha value is -2.80. The largest absolute Gasteiger partial charge is 0.495 e. The molecule has 2 aromatic carbocycles. The molecular weight excluding hydrogens is 352 g/mol. The molecule has 0 bridgehead atoms. The molecule has 0 unspecified atom stereocenters. The fourth-order valence-corrected chi connectivity index (χ4v) is 4.11. The smallest absolute Gasteiger partial charge is 0.252 e. The van der Waals surface area contributed by atoms with Gasteiger partial charge in [-0.25, -0.2) is 0 Å². The topological polar surface area (TPSA) is 62.1 Å². The first-order valence-electron chi connectivity index (χ1n) is 8.16. The first-order chi connectivity index (χ1) is 12.6. The highest BCUT2D eigenvalue weighted by molar-refractivity contribution is 7.16. The molecule has 0 saturated carbocycles. The van der Waals surface area contributed by atoms with Gasteiger partial charge >= 0.3 is 0 Å². The van der Waals surface area contributed by atoms with Crippen molar-refractivity contribution in [3.8, 4) is 17.2 Å². The van der Waals surface area contributed by atoms with E-state index >= 15 is 0 Å². The molecule has 1 aliphatic rings. The van der Waals surface area contributed by atoms with Gasteiger partial charge in [-0.2, -0.15) is 4.99 Å². The maximum absolute atomic E-state index is 12.5. The summed E-state index contributed by atoms with van der Waals surface area (Å²) in [4.78, 5) is 17.4. The minimum Gasteiger partial charge on any atom is -0.495 e. The van der Waals surface area contributed by atoms with Crippen molar-refractivity contribution in [1.29, 1.82) is 0 Å². The predicted octanol–water partition coefficient (Wildman–Crippen LogP) is 2.96. The number of hydrogen-bond donors (Lipinski definition) is 0. The van der Waals surface area contributed by atoms with Gasteiger partial charge in [-0.15, -0.1) is 0 Å². The lowest BCUT2D eigenvalue weighted by Crippen LogP contribution is -2.14. The summed E-state index contributed by atoms with van der Waals surface area (Å²) in [6.45, 7) is 2.26. The number of carbonyl (C=O) groups excluding carboxylic acids is 1. The Kier molecular flexibility index (Phi) is 4.16. The zero-order valence-electron chi connectivity index (χ0n) is 14.7. The van der Waals surface area contributed by atoms with Crippen LogP contribution in [-0.4, -0.2) is 24.4 Å². The third-order valence-corrected chi connectivity index (χ3v) is 5.61. The molecule has 0 aliphatic carbocycles. The molecule has 1 aliphatic heterocycles. The van der Waals surface area contributed by atoms with E-state index < -0.39 is 0 Å². The van der Waals surface area contributed by atoms with Crippen LogP contribution in [0.25, 0.3) is 10.2 Å². The molecule has 0 N–H and O–H groups in total. The fourth-order valence-electron chi connectivity index (χ4n) is 2.99. The second kappa shape index (κ2) is 6.49. The van der Waals surface area contributed by atoms with E-state index in [2.05, 4.69) is 4.99 Å². The SMILES string of the molecule is COc1ccc(C)c2sc(=NC(=O)Cc3ccc4c(c3)OCO4)n(C)c12. The van der Waals surface area contributed by atoms with Crippen molar-refractivity contribution in [3.05, 3.63) is 46.3 Å². The molecule has 0 radical (unpaired) electrons. The van der Waals surface area contributed by atoms with Gasteiger partial charge in [0.05, 0.1) is 18.2 Å². The Balaban J connectivity index is 1.68. The minimum atomic E-state index is -0.206. The fraction of sp³-hybridized carbons (Fsp3) is 0.263. The number of ether oxygens (including phenoxy) is 3. The highest BCUT2D eigenvalue weighted by Gasteiger charge is 2.15. The number of hydrogen-bond acceptors (Lipinski definition) is 5. The Morgan fingerprint density at radius 3 is 2.88 bits per heavy atom. The maximum atomic E-state index is 12.5. The van der Waals surface area contributed by atoms with Gasteiger partial charge in [-0.1, -0.05) is 23.5 Å². The number of rotatable bonds is 3. The Labute approximate surface area is 154 Å². The number of nitrogens with zero attached hydrogens (tertiary/aromatic N) is 2. The summed E-state index contributed by atoms with van der Waals surface area (Å²) >= 11 is 1.49. The number of aryl methyl sites for hydroxylation is 2. The molecule has 4 rings (SSSR count). The van der Waals surface area contributed by atoms with Crippen LogP contribution in [0, 0.1) is 6.92 Å². The number of benzene rings is 2. The van der Waals surface area contributed by atoms with Crippen molar-refractivity contribution in [2.24, 2.45) is 12.0 Å². The zero-order valence-corrected chi connectivity index (χ0v) is 15.6. The summed E-state index contributed by atoms with van der Waals surface area (Å²) in [5, 5.41) is 0. The number of methoxy groups -OCH3 is 1. The maximum Gasteiger partial charge on any atom is 0.252 e. The molecular formula is C19H18N2O4S. The zero-order chi connectivity index (χ0) is 18.3. The van der Waals surface area contributed by atoms with Crippen LogP contribution in [0.3, 0.4) is 0 Å². The third kappa shape index (κ3) is 2.84. The second-order valence-corrected chi connectivity index (χ2v) is 7.05. The van der Waals surface area contributed by atoms with Crippen LogP contribution in [-0.2, 0) is 18.3 Å². The van der Waals surface area contributed by atoms with Crippen LogP contribution in [0.15, 0.2) is 35.3 Å². The molecule has 2 heterocycles. The normalized spacial score (nSPS) is 13.4. The summed E-state index contributed by atoms with van der Waals surface area (Å²) in [6, 6.07) is 9.45. The van der Waals surface area contributed by atoms with Gasteiger partial charge in [0.15, 0.2) is 16.3 Å². The van der Waals surface area contributed by atoms with Crippen molar-refractivity contribution >= 4 is 27.5 Å². The van der Waals surface area contributed by atoms with Gasteiger partial charge in [-0.3, -0.25) is 4.79 Å². The quantitative estimate of drug-likeness (QED) is 0.711. The first-order valence-corrected chi connectivity index (χ1v) is 8.97. The van der Waals surface area contributed by atoms with Gasteiger partial charge in [-0.05, 0) is 36.2 Å². The molecule has 7 heteroatoms. The van der Waals surface area contributed by atoms with E-state index in [1.807, 2.05) is 48.9 Å². The van der Waals surface area contributed by atoms with Crippen LogP contribution < -0.4 is 19.0 Å². The van der Waals surface area contributed by atoms with E-state index in [4.69, 9.17) is 14.2 Å². The van der Waals surface area contributed by atoms with Gasteiger partial charge in [0.1, 0.15) is 11.3 Å². The predicted molar refractivity (Wildman–Crippen MR) is 98.9 cm³/mol. The van der Waals surface area contributed by atoms with Crippen LogP contribution in [0.4, 0.5) is 0 Å².